The molecule has 0 unspecified atom stereocenters. The number of ether oxygens (including phenoxy) is 1. The SMILES string of the molecule is CCCn1c(-c2ccnc(Nc3ccc(S(=O)(=O)NCCOCC)cc3)n2)cnc1CCl. The third kappa shape index (κ3) is 6.04. The Hall–Kier alpha value is -2.53. The molecule has 0 amide bonds. The van der Waals surface area contributed by atoms with E-state index in [1.54, 1.807) is 24.5 Å². The number of imidazole rings is 1. The fourth-order valence-electron chi connectivity index (χ4n) is 3.08. The van der Waals surface area contributed by atoms with Crippen LogP contribution in [0.4, 0.5) is 11.6 Å². The normalized spacial score (nSPS) is 11.6. The number of anilines is 2. The number of hydrogen-bond acceptors (Lipinski definition) is 7. The van der Waals surface area contributed by atoms with Gasteiger partial charge in [0.05, 0.1) is 35.0 Å². The first-order chi connectivity index (χ1) is 15.5. The molecule has 172 valence electrons. The van der Waals surface area contributed by atoms with Crippen molar-refractivity contribution in [3.8, 4) is 11.4 Å². The van der Waals surface area contributed by atoms with Crippen molar-refractivity contribution in [2.24, 2.45) is 0 Å². The molecule has 2 heterocycles. The summed E-state index contributed by atoms with van der Waals surface area (Å²) in [5.74, 6) is 1.51. The van der Waals surface area contributed by atoms with Gasteiger partial charge < -0.3 is 14.6 Å². The minimum atomic E-state index is -3.59. The highest BCUT2D eigenvalue weighted by atomic mass is 35.5. The minimum absolute atomic E-state index is 0.172. The summed E-state index contributed by atoms with van der Waals surface area (Å²) in [4.78, 5) is 13.4. The number of nitrogens with zero attached hydrogens (tertiary/aromatic N) is 4. The Balaban J connectivity index is 1.73. The summed E-state index contributed by atoms with van der Waals surface area (Å²) in [5.41, 5.74) is 2.25. The first-order valence-electron chi connectivity index (χ1n) is 10.4. The summed E-state index contributed by atoms with van der Waals surface area (Å²) >= 11 is 6.01. The van der Waals surface area contributed by atoms with Gasteiger partial charge in [0.1, 0.15) is 5.82 Å². The number of sulfonamides is 1. The molecule has 3 rings (SSSR count). The van der Waals surface area contributed by atoms with Crippen LogP contribution in [0.1, 0.15) is 26.1 Å². The Bertz CT molecular complexity index is 1120. The van der Waals surface area contributed by atoms with E-state index < -0.39 is 10.0 Å². The minimum Gasteiger partial charge on any atom is -0.380 e. The van der Waals surface area contributed by atoms with Crippen LogP contribution in [0.2, 0.25) is 0 Å². The third-order valence-corrected chi connectivity index (χ3v) is 6.30. The average molecular weight is 479 g/mol. The predicted octanol–water partition coefficient (Wildman–Crippen LogP) is 3.55. The molecule has 2 aromatic heterocycles. The summed E-state index contributed by atoms with van der Waals surface area (Å²) < 4.78 is 34.4. The van der Waals surface area contributed by atoms with Crippen molar-refractivity contribution < 1.29 is 13.2 Å². The summed E-state index contributed by atoms with van der Waals surface area (Å²) in [7, 11) is -3.59. The van der Waals surface area contributed by atoms with E-state index in [1.165, 1.54) is 12.1 Å². The van der Waals surface area contributed by atoms with Gasteiger partial charge >= 0.3 is 0 Å². The van der Waals surface area contributed by atoms with Crippen LogP contribution < -0.4 is 10.0 Å². The second-order valence-corrected chi connectivity index (χ2v) is 8.89. The number of aromatic nitrogens is 4. The largest absolute Gasteiger partial charge is 0.380 e. The van der Waals surface area contributed by atoms with Gasteiger partial charge in [-0.1, -0.05) is 6.92 Å². The van der Waals surface area contributed by atoms with Crippen LogP contribution in [0, 0.1) is 0 Å². The average Bonchev–Trinajstić information content (AvgIpc) is 3.20. The molecule has 0 saturated heterocycles. The Morgan fingerprint density at radius 1 is 1.12 bits per heavy atom. The molecule has 0 aliphatic heterocycles. The first-order valence-corrected chi connectivity index (χ1v) is 12.4. The topological polar surface area (TPSA) is 111 Å². The fourth-order valence-corrected chi connectivity index (χ4v) is 4.31. The first kappa shape index (κ1) is 24.1. The van der Waals surface area contributed by atoms with Crippen LogP contribution >= 0.6 is 11.6 Å². The highest BCUT2D eigenvalue weighted by molar-refractivity contribution is 7.89. The maximum Gasteiger partial charge on any atom is 0.240 e. The molecule has 0 aliphatic rings. The van der Waals surface area contributed by atoms with Gasteiger partial charge in [0.25, 0.3) is 0 Å². The summed E-state index contributed by atoms with van der Waals surface area (Å²) in [6.07, 6.45) is 4.37. The predicted molar refractivity (Wildman–Crippen MR) is 125 cm³/mol. The van der Waals surface area contributed by atoms with Gasteiger partial charge in [-0.3, -0.25) is 0 Å². The van der Waals surface area contributed by atoms with E-state index in [1.807, 2.05) is 13.0 Å². The number of nitrogens with one attached hydrogen (secondary N) is 2. The number of benzene rings is 1. The van der Waals surface area contributed by atoms with E-state index in [4.69, 9.17) is 16.3 Å². The van der Waals surface area contributed by atoms with E-state index in [2.05, 4.69) is 36.5 Å². The van der Waals surface area contributed by atoms with Crippen molar-refractivity contribution in [1.82, 2.24) is 24.2 Å². The van der Waals surface area contributed by atoms with Gasteiger partial charge in [-0.25, -0.2) is 28.1 Å². The summed E-state index contributed by atoms with van der Waals surface area (Å²) in [5, 5.41) is 3.11. The van der Waals surface area contributed by atoms with Crippen molar-refractivity contribution in [2.45, 2.75) is 37.6 Å². The van der Waals surface area contributed by atoms with Crippen molar-refractivity contribution in [3.63, 3.8) is 0 Å². The van der Waals surface area contributed by atoms with E-state index in [0.29, 0.717) is 30.7 Å². The molecule has 2 N–H and O–H groups in total. The molecule has 0 radical (unpaired) electrons. The lowest BCUT2D eigenvalue weighted by Crippen LogP contribution is -2.27. The maximum atomic E-state index is 12.3. The Labute approximate surface area is 193 Å². The van der Waals surface area contributed by atoms with Crippen molar-refractivity contribution in [1.29, 1.82) is 0 Å². The highest BCUT2D eigenvalue weighted by Gasteiger charge is 2.14. The van der Waals surface area contributed by atoms with Crippen LogP contribution in [-0.4, -0.2) is 47.7 Å². The molecule has 3 aromatic rings. The number of halogens is 1. The van der Waals surface area contributed by atoms with Crippen LogP contribution in [-0.2, 0) is 27.2 Å². The van der Waals surface area contributed by atoms with Gasteiger partial charge in [0.2, 0.25) is 16.0 Å². The van der Waals surface area contributed by atoms with Crippen LogP contribution in [0.5, 0.6) is 0 Å². The van der Waals surface area contributed by atoms with Gasteiger partial charge in [0, 0.05) is 31.6 Å². The van der Waals surface area contributed by atoms with Gasteiger partial charge in [0.15, 0.2) is 0 Å². The second kappa shape index (κ2) is 11.4. The monoisotopic (exact) mass is 478 g/mol. The van der Waals surface area contributed by atoms with Gasteiger partial charge in [-0.15, -0.1) is 11.6 Å². The molecular weight excluding hydrogens is 452 g/mol. The Morgan fingerprint density at radius 2 is 1.91 bits per heavy atom. The van der Waals surface area contributed by atoms with E-state index in [9.17, 15) is 8.42 Å². The van der Waals surface area contributed by atoms with Crippen LogP contribution in [0.15, 0.2) is 47.6 Å². The second-order valence-electron chi connectivity index (χ2n) is 6.85. The Morgan fingerprint density at radius 3 is 2.59 bits per heavy atom. The number of hydrogen-bond donors (Lipinski definition) is 2. The zero-order chi connectivity index (χ0) is 23.0. The lowest BCUT2D eigenvalue weighted by molar-refractivity contribution is 0.153. The Kier molecular flexibility index (Phi) is 8.57. The smallest absolute Gasteiger partial charge is 0.240 e. The zero-order valence-electron chi connectivity index (χ0n) is 18.1. The molecule has 0 atom stereocenters. The summed E-state index contributed by atoms with van der Waals surface area (Å²) in [6.45, 7) is 5.83. The molecule has 11 heteroatoms. The molecule has 32 heavy (non-hydrogen) atoms. The summed E-state index contributed by atoms with van der Waals surface area (Å²) in [6, 6.07) is 8.20. The highest BCUT2D eigenvalue weighted by Crippen LogP contribution is 2.23. The number of rotatable bonds is 12. The third-order valence-electron chi connectivity index (χ3n) is 4.59. The molecule has 1 aromatic carbocycles. The van der Waals surface area contributed by atoms with E-state index >= 15 is 0 Å². The van der Waals surface area contributed by atoms with Crippen LogP contribution in [0.25, 0.3) is 11.4 Å². The van der Waals surface area contributed by atoms with E-state index in [0.717, 1.165) is 30.2 Å². The van der Waals surface area contributed by atoms with Crippen LogP contribution in [0.3, 0.4) is 0 Å². The molecule has 0 bridgehead atoms. The lowest BCUT2D eigenvalue weighted by atomic mass is 10.3. The van der Waals surface area contributed by atoms with Gasteiger partial charge in [-0.2, -0.15) is 0 Å². The molecule has 9 nitrogen and oxygen atoms in total. The zero-order valence-corrected chi connectivity index (χ0v) is 19.7. The van der Waals surface area contributed by atoms with E-state index in [-0.39, 0.29) is 11.4 Å². The molecule has 0 aliphatic carbocycles. The van der Waals surface area contributed by atoms with Gasteiger partial charge in [-0.05, 0) is 43.7 Å². The molecular formula is C21H27ClN6O3S. The molecule has 0 fully saturated rings. The maximum absolute atomic E-state index is 12.3. The van der Waals surface area contributed by atoms with Crippen molar-refractivity contribution >= 4 is 33.3 Å². The quantitative estimate of drug-likeness (QED) is 0.302. The number of alkyl halides is 1. The van der Waals surface area contributed by atoms with Crippen molar-refractivity contribution in [2.75, 3.05) is 25.1 Å². The molecule has 0 spiro atoms. The molecule has 0 saturated carbocycles. The fraction of sp³-hybridized carbons (Fsp3) is 0.381. The standard InChI is InChI=1S/C21H27ClN6O3S/c1-3-12-28-19(15-24-20(28)14-22)18-9-10-23-21(27-18)26-16-5-7-17(8-6-16)32(29,30)25-11-13-31-4-2/h5-10,15,25H,3-4,11-14H2,1-2H3,(H,23,26,27). The van der Waals surface area contributed by atoms with Crippen molar-refractivity contribution in [3.05, 3.63) is 48.5 Å². The lowest BCUT2D eigenvalue weighted by Gasteiger charge is -2.11.